The van der Waals surface area contributed by atoms with Gasteiger partial charge in [0.15, 0.2) is 17.5 Å². The highest BCUT2D eigenvalue weighted by Gasteiger charge is 2.35. The summed E-state index contributed by atoms with van der Waals surface area (Å²) in [5.74, 6) is 2.18. The summed E-state index contributed by atoms with van der Waals surface area (Å²) >= 11 is 0. The van der Waals surface area contributed by atoms with Crippen LogP contribution in [0.5, 0.6) is 11.5 Å². The maximum atomic E-state index is 13.1. The Hall–Kier alpha value is -2.80. The van der Waals surface area contributed by atoms with E-state index in [1.165, 1.54) is 17.7 Å². The lowest BCUT2D eigenvalue weighted by molar-refractivity contribution is 0.0530. The Morgan fingerprint density at radius 2 is 1.81 bits per heavy atom. The van der Waals surface area contributed by atoms with E-state index in [0.29, 0.717) is 6.54 Å². The maximum absolute atomic E-state index is 13.1. The van der Waals surface area contributed by atoms with Crippen LogP contribution in [0, 0.1) is 5.82 Å². The second-order valence-corrected chi connectivity index (χ2v) is 7.96. The molecule has 1 saturated heterocycles. The summed E-state index contributed by atoms with van der Waals surface area (Å²) in [5, 5.41) is 6.73. The molecule has 4 rings (SSSR count). The highest BCUT2D eigenvalue weighted by Crippen LogP contribution is 2.41. The largest absolute Gasteiger partial charge is 0.454 e. The van der Waals surface area contributed by atoms with E-state index in [2.05, 4.69) is 29.7 Å². The molecule has 2 aromatic carbocycles. The first-order valence-electron chi connectivity index (χ1n) is 10.9. The molecule has 0 saturated carbocycles. The van der Waals surface area contributed by atoms with Crippen molar-refractivity contribution < 1.29 is 18.6 Å². The van der Waals surface area contributed by atoms with E-state index in [1.54, 1.807) is 0 Å². The summed E-state index contributed by atoms with van der Waals surface area (Å²) in [6.07, 6.45) is 2.61. The standard InChI is InChI=1S/C24H30FN3O3/c1-2-26-23(27-12-9-18-3-6-20(25)7-4-18)28-16-24(10-13-29-14-11-24)19-5-8-21-22(15-19)31-17-30-21/h3-8,15H,2,9-14,16-17H2,1H3,(H2,26,27,28). The average molecular weight is 428 g/mol. The molecule has 2 heterocycles. The highest BCUT2D eigenvalue weighted by molar-refractivity contribution is 5.79. The number of aliphatic imine (C=N–C) groups is 1. The van der Waals surface area contributed by atoms with E-state index in [4.69, 9.17) is 19.2 Å². The van der Waals surface area contributed by atoms with Crippen LogP contribution in [0.25, 0.3) is 0 Å². The third kappa shape index (κ3) is 5.28. The summed E-state index contributed by atoms with van der Waals surface area (Å²) in [6.45, 7) is 5.92. The van der Waals surface area contributed by atoms with E-state index < -0.39 is 0 Å². The van der Waals surface area contributed by atoms with Gasteiger partial charge in [0.25, 0.3) is 0 Å². The topological polar surface area (TPSA) is 64.1 Å². The van der Waals surface area contributed by atoms with Crippen molar-refractivity contribution in [3.8, 4) is 11.5 Å². The Morgan fingerprint density at radius 1 is 1.03 bits per heavy atom. The van der Waals surface area contributed by atoms with Crippen LogP contribution in [0.2, 0.25) is 0 Å². The lowest BCUT2D eigenvalue weighted by Gasteiger charge is -2.36. The Bertz CT molecular complexity index is 895. The van der Waals surface area contributed by atoms with Crippen molar-refractivity contribution in [1.29, 1.82) is 0 Å². The van der Waals surface area contributed by atoms with Crippen LogP contribution in [0.15, 0.2) is 47.5 Å². The second kappa shape index (κ2) is 10.0. The number of benzene rings is 2. The minimum atomic E-state index is -0.211. The number of ether oxygens (including phenoxy) is 3. The molecule has 31 heavy (non-hydrogen) atoms. The summed E-state index contributed by atoms with van der Waals surface area (Å²) in [6, 6.07) is 12.8. The number of fused-ring (bicyclic) bond motifs is 1. The molecule has 0 bridgehead atoms. The molecule has 2 N–H and O–H groups in total. The molecule has 166 valence electrons. The van der Waals surface area contributed by atoms with Crippen molar-refractivity contribution >= 4 is 5.96 Å². The molecule has 0 radical (unpaired) electrons. The lowest BCUT2D eigenvalue weighted by atomic mass is 9.74. The molecular formula is C24H30FN3O3. The number of rotatable bonds is 7. The molecule has 0 aromatic heterocycles. The number of hydrogen-bond acceptors (Lipinski definition) is 4. The summed E-state index contributed by atoms with van der Waals surface area (Å²) in [4.78, 5) is 4.93. The van der Waals surface area contributed by atoms with Crippen LogP contribution in [0.1, 0.15) is 30.9 Å². The third-order valence-corrected chi connectivity index (χ3v) is 5.94. The predicted octanol–water partition coefficient (Wildman–Crippen LogP) is 3.40. The molecule has 0 spiro atoms. The highest BCUT2D eigenvalue weighted by atomic mass is 19.1. The predicted molar refractivity (Wildman–Crippen MR) is 118 cm³/mol. The number of nitrogens with zero attached hydrogens (tertiary/aromatic N) is 1. The summed E-state index contributed by atoms with van der Waals surface area (Å²) in [5.41, 5.74) is 2.20. The first kappa shape index (κ1) is 21.4. The van der Waals surface area contributed by atoms with Crippen LogP contribution < -0.4 is 20.1 Å². The SMILES string of the molecule is CCNC(=NCC1(c2ccc3c(c2)OCO3)CCOCC1)NCCc1ccc(F)cc1. The molecule has 0 atom stereocenters. The van der Waals surface area contributed by atoms with E-state index in [0.717, 1.165) is 68.6 Å². The number of nitrogens with one attached hydrogen (secondary N) is 2. The zero-order chi connectivity index (χ0) is 21.5. The van der Waals surface area contributed by atoms with Crippen molar-refractivity contribution in [3.63, 3.8) is 0 Å². The lowest BCUT2D eigenvalue weighted by Crippen LogP contribution is -2.41. The van der Waals surface area contributed by atoms with Crippen LogP contribution >= 0.6 is 0 Å². The van der Waals surface area contributed by atoms with Gasteiger partial charge in [-0.2, -0.15) is 0 Å². The molecular weight excluding hydrogens is 397 g/mol. The van der Waals surface area contributed by atoms with E-state index in [-0.39, 0.29) is 18.0 Å². The van der Waals surface area contributed by atoms with Crippen LogP contribution in [0.4, 0.5) is 4.39 Å². The summed E-state index contributed by atoms with van der Waals surface area (Å²) in [7, 11) is 0. The van der Waals surface area contributed by atoms with Crippen LogP contribution in [-0.4, -0.2) is 45.6 Å². The molecule has 2 aliphatic heterocycles. The quantitative estimate of drug-likeness (QED) is 0.524. The molecule has 7 heteroatoms. The van der Waals surface area contributed by atoms with Gasteiger partial charge in [0.05, 0.1) is 6.54 Å². The maximum Gasteiger partial charge on any atom is 0.231 e. The number of hydrogen-bond donors (Lipinski definition) is 2. The number of guanidine groups is 1. The molecule has 2 aliphatic rings. The van der Waals surface area contributed by atoms with Crippen molar-refractivity contribution in [3.05, 3.63) is 59.4 Å². The first-order valence-corrected chi connectivity index (χ1v) is 10.9. The molecule has 1 fully saturated rings. The van der Waals surface area contributed by atoms with Crippen molar-refractivity contribution in [1.82, 2.24) is 10.6 Å². The molecule has 0 amide bonds. The van der Waals surface area contributed by atoms with Gasteiger partial charge >= 0.3 is 0 Å². The Labute approximate surface area is 182 Å². The minimum Gasteiger partial charge on any atom is -0.454 e. The number of halogens is 1. The van der Waals surface area contributed by atoms with Gasteiger partial charge in [0.1, 0.15) is 5.82 Å². The van der Waals surface area contributed by atoms with Gasteiger partial charge in [0, 0.05) is 31.7 Å². The third-order valence-electron chi connectivity index (χ3n) is 5.94. The van der Waals surface area contributed by atoms with Gasteiger partial charge in [-0.1, -0.05) is 18.2 Å². The smallest absolute Gasteiger partial charge is 0.231 e. The Morgan fingerprint density at radius 3 is 2.58 bits per heavy atom. The van der Waals surface area contributed by atoms with Gasteiger partial charge in [0.2, 0.25) is 6.79 Å². The van der Waals surface area contributed by atoms with Crippen molar-refractivity contribution in [2.45, 2.75) is 31.6 Å². The van der Waals surface area contributed by atoms with E-state index >= 15 is 0 Å². The Kier molecular flexibility index (Phi) is 6.92. The zero-order valence-corrected chi connectivity index (χ0v) is 18.0. The summed E-state index contributed by atoms with van der Waals surface area (Å²) < 4.78 is 29.8. The van der Waals surface area contributed by atoms with Crippen LogP contribution in [0.3, 0.4) is 0 Å². The normalized spacial score (nSPS) is 17.4. The molecule has 0 unspecified atom stereocenters. The van der Waals surface area contributed by atoms with E-state index in [9.17, 15) is 4.39 Å². The fourth-order valence-electron chi connectivity index (χ4n) is 4.08. The van der Waals surface area contributed by atoms with Gasteiger partial charge in [-0.3, -0.25) is 4.99 Å². The van der Waals surface area contributed by atoms with E-state index in [1.807, 2.05) is 18.2 Å². The molecule has 6 nitrogen and oxygen atoms in total. The van der Waals surface area contributed by atoms with Crippen LogP contribution in [-0.2, 0) is 16.6 Å². The van der Waals surface area contributed by atoms with Crippen molar-refractivity contribution in [2.75, 3.05) is 39.6 Å². The van der Waals surface area contributed by atoms with Gasteiger partial charge in [-0.05, 0) is 61.6 Å². The van der Waals surface area contributed by atoms with Crippen molar-refractivity contribution in [2.24, 2.45) is 4.99 Å². The molecule has 2 aromatic rings. The average Bonchev–Trinajstić information content (AvgIpc) is 3.27. The van der Waals surface area contributed by atoms with Gasteiger partial charge < -0.3 is 24.8 Å². The monoisotopic (exact) mass is 427 g/mol. The first-order chi connectivity index (χ1) is 15.2. The minimum absolute atomic E-state index is 0.0987. The second-order valence-electron chi connectivity index (χ2n) is 7.96. The fraction of sp³-hybridized carbons (Fsp3) is 0.458. The Balaban J connectivity index is 1.45. The van der Waals surface area contributed by atoms with Gasteiger partial charge in [-0.25, -0.2) is 4.39 Å². The fourth-order valence-corrected chi connectivity index (χ4v) is 4.08. The van der Waals surface area contributed by atoms with Gasteiger partial charge in [-0.15, -0.1) is 0 Å². The zero-order valence-electron chi connectivity index (χ0n) is 18.0. The molecule has 0 aliphatic carbocycles.